The number of aromatic nitrogens is 3. The Morgan fingerprint density at radius 3 is 2.69 bits per heavy atom. The molecule has 0 bridgehead atoms. The van der Waals surface area contributed by atoms with E-state index in [0.29, 0.717) is 37.2 Å². The number of benzene rings is 2. The number of methoxy groups -OCH3 is 1. The van der Waals surface area contributed by atoms with E-state index >= 15 is 8.78 Å². The first kappa shape index (κ1) is 36.0. The van der Waals surface area contributed by atoms with Crippen LogP contribution in [0.25, 0.3) is 28.0 Å². The molecule has 3 heterocycles. The first-order chi connectivity index (χ1) is 23.3. The summed E-state index contributed by atoms with van der Waals surface area (Å²) in [6.45, 7) is 2.01. The lowest BCUT2D eigenvalue weighted by molar-refractivity contribution is -0.140. The average Bonchev–Trinajstić information content (AvgIpc) is 3.46. The topological polar surface area (TPSA) is 154 Å². The summed E-state index contributed by atoms with van der Waals surface area (Å²) in [6, 6.07) is 5.41. The van der Waals surface area contributed by atoms with E-state index < -0.39 is 35.1 Å². The molecule has 49 heavy (non-hydrogen) atoms. The summed E-state index contributed by atoms with van der Waals surface area (Å²) in [5, 5.41) is 23.4. The number of hydrogen-bond acceptors (Lipinski definition) is 7. The van der Waals surface area contributed by atoms with E-state index in [1.54, 1.807) is 6.92 Å². The molecule has 0 aliphatic carbocycles. The van der Waals surface area contributed by atoms with Crippen molar-refractivity contribution in [1.82, 2.24) is 25.2 Å². The molecule has 5 rings (SSSR count). The van der Waals surface area contributed by atoms with Crippen molar-refractivity contribution in [3.8, 4) is 22.7 Å². The Balaban J connectivity index is 1.47. The molecular weight excluding hydrogens is 649 g/mol. The van der Waals surface area contributed by atoms with Gasteiger partial charge in [0.2, 0.25) is 0 Å². The Bertz CT molecular complexity index is 1870. The van der Waals surface area contributed by atoms with Gasteiger partial charge >= 0.3 is 11.9 Å². The number of aliphatic hydroxyl groups excluding tert-OH is 1. The minimum atomic E-state index is -4.97. The Kier molecular flexibility index (Phi) is 11.0. The molecule has 3 atom stereocenters. The van der Waals surface area contributed by atoms with Crippen LogP contribution < -0.4 is 26.8 Å². The zero-order chi connectivity index (χ0) is 35.5. The van der Waals surface area contributed by atoms with Crippen LogP contribution in [0, 0.1) is 17.0 Å². The van der Waals surface area contributed by atoms with Crippen molar-refractivity contribution in [2.75, 3.05) is 20.3 Å². The summed E-state index contributed by atoms with van der Waals surface area (Å²) < 4.78 is 79.4. The number of fused-ring (bicyclic) bond motifs is 1. The second-order valence-electron chi connectivity index (χ2n) is 12.4. The second-order valence-corrected chi connectivity index (χ2v) is 12.4. The fourth-order valence-corrected chi connectivity index (χ4v) is 6.35. The van der Waals surface area contributed by atoms with Crippen LogP contribution in [-0.4, -0.2) is 57.8 Å². The fraction of sp³-hybridized carbons (Fsp3) is 0.441. The SMILES string of the molecule is COc1cc(-n2cc3cc(-c4cc(CCC[C@@H](N)CO)cc(C(F)(F)F)c4F)[nH]c3nc2=O)cc(F)c1[C@@H]1CCC[C@@H](CCNC(C)=N)N1. The molecular formula is C34H40F5N7O3. The molecule has 1 aliphatic rings. The van der Waals surface area contributed by atoms with E-state index in [-0.39, 0.29) is 64.4 Å². The van der Waals surface area contributed by atoms with Crippen LogP contribution in [0.1, 0.15) is 68.2 Å². The first-order valence-corrected chi connectivity index (χ1v) is 16.1. The van der Waals surface area contributed by atoms with Crippen molar-refractivity contribution in [2.24, 2.45) is 5.73 Å². The number of nitrogens with zero attached hydrogens (tertiary/aromatic N) is 2. The normalized spacial score (nSPS) is 17.3. The Labute approximate surface area is 279 Å². The Morgan fingerprint density at radius 1 is 1.22 bits per heavy atom. The molecule has 0 saturated carbocycles. The number of rotatable bonds is 12. The van der Waals surface area contributed by atoms with Crippen molar-refractivity contribution in [2.45, 2.75) is 76.2 Å². The van der Waals surface area contributed by atoms with Gasteiger partial charge in [-0.2, -0.15) is 18.2 Å². The minimum absolute atomic E-state index is 0.0118. The van der Waals surface area contributed by atoms with Crippen LogP contribution >= 0.6 is 0 Å². The Hall–Kier alpha value is -4.34. The van der Waals surface area contributed by atoms with Crippen LogP contribution in [0.3, 0.4) is 0 Å². The minimum Gasteiger partial charge on any atom is -0.496 e. The van der Waals surface area contributed by atoms with E-state index in [4.69, 9.17) is 21.0 Å². The lowest BCUT2D eigenvalue weighted by atomic mass is 9.91. The van der Waals surface area contributed by atoms with Gasteiger partial charge in [0.25, 0.3) is 0 Å². The van der Waals surface area contributed by atoms with Gasteiger partial charge in [0.05, 0.1) is 36.5 Å². The molecule has 2 aromatic carbocycles. The van der Waals surface area contributed by atoms with Crippen LogP contribution in [0.4, 0.5) is 22.0 Å². The Morgan fingerprint density at radius 2 is 2.00 bits per heavy atom. The molecule has 4 aromatic rings. The zero-order valence-corrected chi connectivity index (χ0v) is 27.2. The quantitative estimate of drug-likeness (QED) is 0.0654. The highest BCUT2D eigenvalue weighted by atomic mass is 19.4. The van der Waals surface area contributed by atoms with Crippen molar-refractivity contribution >= 4 is 16.9 Å². The summed E-state index contributed by atoms with van der Waals surface area (Å²) in [5.74, 6) is -1.48. The third-order valence-corrected chi connectivity index (χ3v) is 8.80. The zero-order valence-electron chi connectivity index (χ0n) is 27.2. The maximum absolute atomic E-state index is 15.8. The number of hydrogen-bond donors (Lipinski definition) is 6. The number of piperidine rings is 1. The number of halogens is 5. The molecule has 7 N–H and O–H groups in total. The number of aryl methyl sites for hydroxylation is 1. The van der Waals surface area contributed by atoms with Crippen LogP contribution in [-0.2, 0) is 12.6 Å². The average molecular weight is 690 g/mol. The van der Waals surface area contributed by atoms with E-state index in [2.05, 4.69) is 20.6 Å². The first-order valence-electron chi connectivity index (χ1n) is 16.1. The van der Waals surface area contributed by atoms with Crippen molar-refractivity contribution < 1.29 is 31.8 Å². The van der Waals surface area contributed by atoms with Crippen molar-refractivity contribution in [3.05, 3.63) is 75.3 Å². The number of amidine groups is 1. The number of nitrogens with two attached hydrogens (primary N) is 1. The molecule has 1 aliphatic heterocycles. The molecule has 15 heteroatoms. The molecule has 2 aromatic heterocycles. The highest BCUT2D eigenvalue weighted by Crippen LogP contribution is 2.38. The van der Waals surface area contributed by atoms with Gasteiger partial charge in [0.1, 0.15) is 23.0 Å². The van der Waals surface area contributed by atoms with Gasteiger partial charge in [-0.1, -0.05) is 6.42 Å². The maximum atomic E-state index is 15.8. The van der Waals surface area contributed by atoms with Gasteiger partial charge in [0.15, 0.2) is 0 Å². The van der Waals surface area contributed by atoms with Gasteiger partial charge in [-0.3, -0.25) is 9.98 Å². The van der Waals surface area contributed by atoms with Crippen LogP contribution in [0.2, 0.25) is 0 Å². The summed E-state index contributed by atoms with van der Waals surface area (Å²) in [5.41, 5.74) is 3.78. The summed E-state index contributed by atoms with van der Waals surface area (Å²) >= 11 is 0. The number of nitrogens with one attached hydrogen (secondary N) is 4. The molecule has 1 fully saturated rings. The number of ether oxygens (including phenoxy) is 1. The van der Waals surface area contributed by atoms with E-state index in [1.165, 1.54) is 37.6 Å². The summed E-state index contributed by atoms with van der Waals surface area (Å²) in [6.07, 6.45) is 0.470. The second kappa shape index (κ2) is 15.0. The smallest absolute Gasteiger partial charge is 0.419 e. The number of H-pyrrole nitrogens is 1. The van der Waals surface area contributed by atoms with E-state index in [9.17, 15) is 18.0 Å². The number of alkyl halides is 3. The van der Waals surface area contributed by atoms with Gasteiger partial charge in [-0.25, -0.2) is 13.6 Å². The third-order valence-electron chi connectivity index (χ3n) is 8.80. The predicted molar refractivity (Wildman–Crippen MR) is 176 cm³/mol. The van der Waals surface area contributed by atoms with Crippen molar-refractivity contribution in [1.29, 1.82) is 5.41 Å². The van der Waals surface area contributed by atoms with E-state index in [0.717, 1.165) is 29.9 Å². The third kappa shape index (κ3) is 8.28. The molecule has 0 radical (unpaired) electrons. The lowest BCUT2D eigenvalue weighted by Crippen LogP contribution is -2.39. The number of aliphatic hydroxyl groups is 1. The highest BCUT2D eigenvalue weighted by molar-refractivity contribution is 5.83. The fourth-order valence-electron chi connectivity index (χ4n) is 6.35. The van der Waals surface area contributed by atoms with Crippen LogP contribution in [0.5, 0.6) is 5.75 Å². The molecule has 0 unspecified atom stereocenters. The molecule has 1 saturated heterocycles. The highest BCUT2D eigenvalue weighted by Gasteiger charge is 2.36. The van der Waals surface area contributed by atoms with Crippen LogP contribution in [0.15, 0.2) is 41.3 Å². The van der Waals surface area contributed by atoms with Gasteiger partial charge in [-0.05, 0) is 75.3 Å². The van der Waals surface area contributed by atoms with Gasteiger partial charge in [-0.15, -0.1) is 0 Å². The summed E-state index contributed by atoms with van der Waals surface area (Å²) in [7, 11) is 1.40. The van der Waals surface area contributed by atoms with Crippen molar-refractivity contribution in [3.63, 3.8) is 0 Å². The largest absolute Gasteiger partial charge is 0.496 e. The lowest BCUT2D eigenvalue weighted by Gasteiger charge is -2.32. The number of aromatic amines is 1. The maximum Gasteiger partial charge on any atom is 0.419 e. The van der Waals surface area contributed by atoms with E-state index in [1.807, 2.05) is 0 Å². The molecule has 0 amide bonds. The summed E-state index contributed by atoms with van der Waals surface area (Å²) in [4.78, 5) is 19.9. The van der Waals surface area contributed by atoms with Gasteiger partial charge in [0, 0.05) is 53.4 Å². The monoisotopic (exact) mass is 689 g/mol. The van der Waals surface area contributed by atoms with Gasteiger partial charge < -0.3 is 31.2 Å². The standard InChI is InChI=1S/C34H40F5N7O3/c1-18(40)42-10-9-22-7-4-8-27(43-22)30-26(35)14-23(15-29(30)49-2)46-16-20-13-28(44-32(20)45-33(46)48)24-11-19(5-3-6-21(41)17-47)12-25(31(24)36)34(37,38)39/h11-16,21-22,27,43,47H,3-10,17,41H2,1-2H3,(H2,40,42)(H,44,45,48)/t21-,22+,27+/m1/s1. The molecule has 0 spiro atoms. The molecule has 264 valence electrons. The predicted octanol–water partition coefficient (Wildman–Crippen LogP) is 5.49. The molecule has 10 nitrogen and oxygen atoms in total.